The number of aryl methyl sites for hydroxylation is 1. The predicted molar refractivity (Wildman–Crippen MR) is 70.2 cm³/mol. The lowest BCUT2D eigenvalue weighted by atomic mass is 10.3. The molecule has 0 bridgehead atoms. The van der Waals surface area contributed by atoms with Crippen LogP contribution in [0, 0.1) is 0 Å². The maximum absolute atomic E-state index is 12.1. The van der Waals surface area contributed by atoms with Gasteiger partial charge in [-0.3, -0.25) is 0 Å². The highest BCUT2D eigenvalue weighted by Gasteiger charge is 2.32. The molecule has 108 valence electrons. The summed E-state index contributed by atoms with van der Waals surface area (Å²) in [5.41, 5.74) is 0. The minimum Gasteiger partial charge on any atom is -0.430 e. The van der Waals surface area contributed by atoms with Crippen molar-refractivity contribution in [3.8, 4) is 16.7 Å². The average molecular weight is 369 g/mol. The number of hydrogen-bond acceptors (Lipinski definition) is 5. The van der Waals surface area contributed by atoms with Gasteiger partial charge in [-0.2, -0.15) is 9.36 Å². The third kappa shape index (κ3) is 4.07. The largest absolute Gasteiger partial charge is 0.573 e. The summed E-state index contributed by atoms with van der Waals surface area (Å²) in [4.78, 5) is 4.09. The van der Waals surface area contributed by atoms with Crippen molar-refractivity contribution >= 4 is 27.5 Å². The molecule has 2 rings (SSSR count). The topological polar surface area (TPSA) is 44.2 Å². The van der Waals surface area contributed by atoms with Crippen LogP contribution in [-0.2, 0) is 6.42 Å². The van der Waals surface area contributed by atoms with Crippen molar-refractivity contribution in [1.29, 1.82) is 0 Å². The van der Waals surface area contributed by atoms with Crippen molar-refractivity contribution in [2.45, 2.75) is 19.7 Å². The molecule has 0 aliphatic heterocycles. The standard InChI is InChI=1S/C11H8BrF3N2O2S/c1-2-9-16-10(20-17-9)18-6-3-4-8(7(12)5-6)19-11(13,14)15/h3-5H,2H2,1H3. The number of nitrogens with zero attached hydrogens (tertiary/aromatic N) is 2. The summed E-state index contributed by atoms with van der Waals surface area (Å²) in [7, 11) is 0. The van der Waals surface area contributed by atoms with E-state index in [1.807, 2.05) is 6.92 Å². The van der Waals surface area contributed by atoms with Gasteiger partial charge < -0.3 is 9.47 Å². The number of rotatable bonds is 4. The number of ether oxygens (including phenoxy) is 2. The smallest absolute Gasteiger partial charge is 0.430 e. The molecule has 0 unspecified atom stereocenters. The van der Waals surface area contributed by atoms with E-state index in [0.29, 0.717) is 23.2 Å². The van der Waals surface area contributed by atoms with Gasteiger partial charge in [0.25, 0.3) is 5.19 Å². The molecule has 0 saturated carbocycles. The fourth-order valence-corrected chi connectivity index (χ4v) is 2.35. The van der Waals surface area contributed by atoms with Crippen LogP contribution in [0.2, 0.25) is 0 Å². The Bertz CT molecular complexity index is 604. The summed E-state index contributed by atoms with van der Waals surface area (Å²) in [6.45, 7) is 1.91. The zero-order valence-corrected chi connectivity index (χ0v) is 12.5. The van der Waals surface area contributed by atoms with E-state index in [-0.39, 0.29) is 10.2 Å². The lowest BCUT2D eigenvalue weighted by molar-refractivity contribution is -0.274. The molecule has 0 N–H and O–H groups in total. The first-order valence-electron chi connectivity index (χ1n) is 5.43. The minimum absolute atomic E-state index is 0.132. The van der Waals surface area contributed by atoms with E-state index < -0.39 is 6.36 Å². The van der Waals surface area contributed by atoms with Gasteiger partial charge in [0.05, 0.1) is 4.47 Å². The summed E-state index contributed by atoms with van der Waals surface area (Å²) in [5.74, 6) is 0.655. The van der Waals surface area contributed by atoms with E-state index in [9.17, 15) is 13.2 Å². The molecule has 20 heavy (non-hydrogen) atoms. The molecule has 9 heteroatoms. The van der Waals surface area contributed by atoms with E-state index in [2.05, 4.69) is 30.0 Å². The monoisotopic (exact) mass is 368 g/mol. The van der Waals surface area contributed by atoms with Crippen LogP contribution in [0.5, 0.6) is 16.7 Å². The van der Waals surface area contributed by atoms with Crippen molar-refractivity contribution in [3.05, 3.63) is 28.5 Å². The van der Waals surface area contributed by atoms with Gasteiger partial charge in [0.15, 0.2) is 0 Å². The lowest BCUT2D eigenvalue weighted by Gasteiger charge is -2.11. The molecule has 0 radical (unpaired) electrons. The van der Waals surface area contributed by atoms with Crippen LogP contribution in [-0.4, -0.2) is 15.7 Å². The molecule has 0 spiro atoms. The lowest BCUT2D eigenvalue weighted by Crippen LogP contribution is -2.17. The first-order valence-corrected chi connectivity index (χ1v) is 7.00. The summed E-state index contributed by atoms with van der Waals surface area (Å²) in [5, 5.41) is 0.332. The molecule has 0 aliphatic rings. The summed E-state index contributed by atoms with van der Waals surface area (Å²) < 4.78 is 49.8. The Labute approximate surface area is 124 Å². The number of hydrogen-bond donors (Lipinski definition) is 0. The van der Waals surface area contributed by atoms with E-state index in [1.54, 1.807) is 0 Å². The summed E-state index contributed by atoms with van der Waals surface area (Å²) in [6.07, 6.45) is -4.05. The van der Waals surface area contributed by atoms with Crippen LogP contribution >= 0.6 is 27.5 Å². The van der Waals surface area contributed by atoms with Gasteiger partial charge in [0.1, 0.15) is 17.3 Å². The molecule has 0 amide bonds. The van der Waals surface area contributed by atoms with Crippen LogP contribution in [0.25, 0.3) is 0 Å². The van der Waals surface area contributed by atoms with Gasteiger partial charge in [-0.15, -0.1) is 13.2 Å². The average Bonchev–Trinajstić information content (AvgIpc) is 2.79. The highest BCUT2D eigenvalue weighted by atomic mass is 79.9. The van der Waals surface area contributed by atoms with E-state index in [1.165, 1.54) is 12.1 Å². The van der Waals surface area contributed by atoms with Crippen LogP contribution in [0.15, 0.2) is 22.7 Å². The van der Waals surface area contributed by atoms with Gasteiger partial charge in [-0.05, 0) is 34.1 Å². The predicted octanol–water partition coefficient (Wildman–Crippen LogP) is 4.55. The van der Waals surface area contributed by atoms with Crippen molar-refractivity contribution in [3.63, 3.8) is 0 Å². The second-order valence-corrected chi connectivity index (χ2v) is 5.14. The zero-order chi connectivity index (χ0) is 14.8. The van der Waals surface area contributed by atoms with Crippen LogP contribution in [0.1, 0.15) is 12.7 Å². The van der Waals surface area contributed by atoms with Gasteiger partial charge in [-0.25, -0.2) is 0 Å². The minimum atomic E-state index is -4.74. The Morgan fingerprint density at radius 2 is 2.10 bits per heavy atom. The first kappa shape index (κ1) is 15.0. The molecule has 0 aliphatic carbocycles. The Balaban J connectivity index is 2.12. The Morgan fingerprint density at radius 3 is 2.65 bits per heavy atom. The Hall–Kier alpha value is -1.35. The number of aromatic nitrogens is 2. The highest BCUT2D eigenvalue weighted by Crippen LogP contribution is 2.34. The Kier molecular flexibility index (Phi) is 4.48. The van der Waals surface area contributed by atoms with Crippen LogP contribution in [0.4, 0.5) is 13.2 Å². The SMILES string of the molecule is CCc1nsc(Oc2ccc(OC(F)(F)F)c(Br)c2)n1. The molecular formula is C11H8BrF3N2O2S. The van der Waals surface area contributed by atoms with Crippen LogP contribution < -0.4 is 9.47 Å². The van der Waals surface area contributed by atoms with Crippen molar-refractivity contribution in [2.24, 2.45) is 0 Å². The van der Waals surface area contributed by atoms with Crippen molar-refractivity contribution in [1.82, 2.24) is 9.36 Å². The zero-order valence-electron chi connectivity index (χ0n) is 10.1. The van der Waals surface area contributed by atoms with Crippen LogP contribution in [0.3, 0.4) is 0 Å². The third-order valence-corrected chi connectivity index (χ3v) is 3.35. The van der Waals surface area contributed by atoms with Gasteiger partial charge >= 0.3 is 6.36 Å². The summed E-state index contributed by atoms with van der Waals surface area (Å²) in [6, 6.07) is 3.89. The number of alkyl halides is 3. The third-order valence-electron chi connectivity index (χ3n) is 2.10. The molecule has 1 heterocycles. The molecular weight excluding hydrogens is 361 g/mol. The maximum Gasteiger partial charge on any atom is 0.573 e. The second-order valence-electron chi connectivity index (χ2n) is 3.57. The number of halogens is 4. The fourth-order valence-electron chi connectivity index (χ4n) is 1.28. The fraction of sp³-hybridized carbons (Fsp3) is 0.273. The molecule has 0 atom stereocenters. The van der Waals surface area contributed by atoms with Gasteiger partial charge in [-0.1, -0.05) is 6.92 Å². The molecule has 1 aromatic carbocycles. The molecule has 0 saturated heterocycles. The van der Waals surface area contributed by atoms with E-state index >= 15 is 0 Å². The van der Waals surface area contributed by atoms with Gasteiger partial charge in [0, 0.05) is 18.0 Å². The first-order chi connectivity index (χ1) is 9.37. The molecule has 1 aromatic heterocycles. The Morgan fingerprint density at radius 1 is 1.35 bits per heavy atom. The molecule has 4 nitrogen and oxygen atoms in total. The van der Waals surface area contributed by atoms with Gasteiger partial charge in [0.2, 0.25) is 0 Å². The highest BCUT2D eigenvalue weighted by molar-refractivity contribution is 9.10. The van der Waals surface area contributed by atoms with Crippen molar-refractivity contribution in [2.75, 3.05) is 0 Å². The molecule has 0 fully saturated rings. The number of benzene rings is 1. The van der Waals surface area contributed by atoms with Crippen molar-refractivity contribution < 1.29 is 22.6 Å². The van der Waals surface area contributed by atoms with E-state index in [0.717, 1.165) is 17.6 Å². The van der Waals surface area contributed by atoms with E-state index in [4.69, 9.17) is 4.74 Å². The normalized spacial score (nSPS) is 11.4. The summed E-state index contributed by atoms with van der Waals surface area (Å²) >= 11 is 4.07. The molecule has 2 aromatic rings. The maximum atomic E-state index is 12.1. The quantitative estimate of drug-likeness (QED) is 0.793. The second kappa shape index (κ2) is 5.96.